The first-order chi connectivity index (χ1) is 25.5. The summed E-state index contributed by atoms with van der Waals surface area (Å²) >= 11 is 0. The van der Waals surface area contributed by atoms with Crippen molar-refractivity contribution in [3.8, 4) is 17.2 Å². The lowest BCUT2D eigenvalue weighted by Gasteiger charge is -2.33. The molecule has 0 aliphatic carbocycles. The van der Waals surface area contributed by atoms with Crippen LogP contribution in [0.4, 0.5) is 5.82 Å². The molecule has 6 rings (SSSR count). The van der Waals surface area contributed by atoms with Crippen molar-refractivity contribution in [1.29, 1.82) is 5.26 Å². The van der Waals surface area contributed by atoms with Crippen LogP contribution in [-0.2, 0) is 0 Å². The van der Waals surface area contributed by atoms with Gasteiger partial charge >= 0.3 is 0 Å². The number of fused-ring (bicyclic) bond motifs is 1. The molecule has 2 aliphatic heterocycles. The van der Waals surface area contributed by atoms with E-state index in [-0.39, 0.29) is 0 Å². The molecule has 5 heterocycles. The quantitative estimate of drug-likeness (QED) is 0.125. The van der Waals surface area contributed by atoms with Crippen LogP contribution in [0.25, 0.3) is 22.2 Å². The molecule has 3 aromatic heterocycles. The zero-order chi connectivity index (χ0) is 37.7. The van der Waals surface area contributed by atoms with E-state index in [1.54, 1.807) is 16.9 Å². The van der Waals surface area contributed by atoms with Crippen molar-refractivity contribution < 1.29 is 0 Å². The van der Waals surface area contributed by atoms with Gasteiger partial charge in [0.2, 0.25) is 0 Å². The number of allylic oxidation sites excluding steroid dienone is 3. The first-order valence-electron chi connectivity index (χ1n) is 19.0. The van der Waals surface area contributed by atoms with Gasteiger partial charge in [-0.1, -0.05) is 62.8 Å². The van der Waals surface area contributed by atoms with Gasteiger partial charge in [-0.15, -0.1) is 0 Å². The smallest absolute Gasteiger partial charge is 0.128 e. The lowest BCUT2D eigenvalue weighted by molar-refractivity contribution is 0.461. The number of piperidine rings is 2. The van der Waals surface area contributed by atoms with E-state index in [2.05, 4.69) is 83.0 Å². The fraction of sp³-hybridized carbons (Fsp3) is 0.442. The Morgan fingerprint density at radius 3 is 2.27 bits per heavy atom. The second kappa shape index (κ2) is 22.9. The fourth-order valence-corrected chi connectivity index (χ4v) is 6.20. The van der Waals surface area contributed by atoms with Crippen LogP contribution in [0.5, 0.6) is 0 Å². The lowest BCUT2D eigenvalue weighted by Crippen LogP contribution is -2.33. The molecule has 2 saturated heterocycles. The summed E-state index contributed by atoms with van der Waals surface area (Å²) in [5.74, 6) is 1.57. The third kappa shape index (κ3) is 11.9. The van der Waals surface area contributed by atoms with E-state index in [1.807, 2.05) is 65.5 Å². The van der Waals surface area contributed by atoms with Gasteiger partial charge in [0.15, 0.2) is 0 Å². The van der Waals surface area contributed by atoms with E-state index in [1.165, 1.54) is 17.5 Å². The highest BCUT2D eigenvalue weighted by Gasteiger charge is 2.22. The average molecular weight is 704 g/mol. The summed E-state index contributed by atoms with van der Waals surface area (Å²) in [6.07, 6.45) is 18.4. The van der Waals surface area contributed by atoms with Gasteiger partial charge in [0.1, 0.15) is 11.9 Å². The molecular formula is C43H61N9. The van der Waals surface area contributed by atoms with E-state index in [0.717, 1.165) is 92.0 Å². The maximum absolute atomic E-state index is 9.80. The number of rotatable bonds is 8. The van der Waals surface area contributed by atoms with Crippen LogP contribution in [0.3, 0.4) is 0 Å². The van der Waals surface area contributed by atoms with Crippen molar-refractivity contribution >= 4 is 23.1 Å². The number of aryl methyl sites for hydroxylation is 1. The minimum atomic E-state index is 0.294. The number of nitrogens with zero attached hydrogens (tertiary/aromatic N) is 6. The Morgan fingerprint density at radius 1 is 1.04 bits per heavy atom. The molecule has 0 bridgehead atoms. The largest absolute Gasteiger partial charge is 0.404 e. The van der Waals surface area contributed by atoms with Crippen molar-refractivity contribution in [2.45, 2.75) is 85.6 Å². The topological polar surface area (TPSA) is 120 Å². The van der Waals surface area contributed by atoms with Crippen LogP contribution < -0.4 is 21.3 Å². The van der Waals surface area contributed by atoms with Gasteiger partial charge in [-0.3, -0.25) is 4.99 Å². The minimum Gasteiger partial charge on any atom is -0.404 e. The number of benzene rings is 1. The maximum Gasteiger partial charge on any atom is 0.128 e. The summed E-state index contributed by atoms with van der Waals surface area (Å²) in [5.41, 5.74) is 13.6. The Balaban J connectivity index is 0.000000587. The normalized spacial score (nSPS) is 15.3. The number of nitrogens with two attached hydrogens (primary N) is 1. The number of anilines is 1. The number of aliphatic imine (C=N–C) groups is 1. The molecule has 0 radical (unpaired) electrons. The third-order valence-corrected chi connectivity index (χ3v) is 9.24. The first kappa shape index (κ1) is 41.6. The summed E-state index contributed by atoms with van der Waals surface area (Å²) in [6.45, 7) is 17.3. The second-order valence-corrected chi connectivity index (χ2v) is 12.8. The Morgan fingerprint density at radius 2 is 1.73 bits per heavy atom. The van der Waals surface area contributed by atoms with Crippen molar-refractivity contribution in [1.82, 2.24) is 25.2 Å². The monoisotopic (exact) mass is 704 g/mol. The standard InChI is InChI=1S/C33H36N8.C4H11N.C4H8.C2H6/c1-23-2-4-24(5-3-23)25-10-14-40(15-11-25)32-7-6-26(19-38-32)31-16-27(22-41-33(31)29(18-35)21-39-41)28(17-34)20-37-30-8-12-36-13-9-30;1-3-4-5-2;1-3-4-2;1-2/h2-7,16-17,19-22,25,30,36H,8-15,34H2,1H3;5H,3-4H2,1-2H3;3-4H,1-2H3;1-2H3/b28-17+,37-20?;;4-3-;. The van der Waals surface area contributed by atoms with Crippen molar-refractivity contribution in [2.24, 2.45) is 10.7 Å². The van der Waals surface area contributed by atoms with Crippen LogP contribution in [-0.4, -0.2) is 66.6 Å². The fourth-order valence-electron chi connectivity index (χ4n) is 6.20. The molecule has 9 heteroatoms. The second-order valence-electron chi connectivity index (χ2n) is 12.8. The molecule has 52 heavy (non-hydrogen) atoms. The van der Waals surface area contributed by atoms with E-state index in [0.29, 0.717) is 17.5 Å². The summed E-state index contributed by atoms with van der Waals surface area (Å²) in [4.78, 5) is 12.0. The van der Waals surface area contributed by atoms with Crippen molar-refractivity contribution in [3.63, 3.8) is 0 Å². The Kier molecular flexibility index (Phi) is 18.4. The van der Waals surface area contributed by atoms with Crippen LogP contribution in [0.1, 0.15) is 94.9 Å². The zero-order valence-electron chi connectivity index (χ0n) is 32.6. The van der Waals surface area contributed by atoms with Gasteiger partial charge in [-0.25, -0.2) is 9.50 Å². The lowest BCUT2D eigenvalue weighted by atomic mass is 9.89. The molecule has 4 N–H and O–H groups in total. The van der Waals surface area contributed by atoms with Crippen LogP contribution in [0.15, 0.2) is 84.4 Å². The number of nitriles is 1. The van der Waals surface area contributed by atoms with Gasteiger partial charge in [0, 0.05) is 60.2 Å². The Hall–Kier alpha value is -4.78. The highest BCUT2D eigenvalue weighted by molar-refractivity contribution is 6.10. The first-order valence-corrected chi connectivity index (χ1v) is 19.0. The number of aromatic nitrogens is 3. The molecule has 2 aliphatic rings. The molecule has 278 valence electrons. The molecule has 0 saturated carbocycles. The molecule has 1 aromatic carbocycles. The summed E-state index contributed by atoms with van der Waals surface area (Å²) in [7, 11) is 1.96. The molecular weight excluding hydrogens is 643 g/mol. The Bertz CT molecular complexity index is 1720. The van der Waals surface area contributed by atoms with Crippen LogP contribution in [0.2, 0.25) is 0 Å². The molecule has 0 spiro atoms. The predicted octanol–water partition coefficient (Wildman–Crippen LogP) is 8.31. The number of pyridine rings is 2. The molecule has 0 atom stereocenters. The molecule has 4 aromatic rings. The minimum absolute atomic E-state index is 0.294. The third-order valence-electron chi connectivity index (χ3n) is 9.24. The SMILES string of the molecule is C/C=C\C.CC.CCCNC.Cc1ccc(C2CCN(c3ccc(-c4cc(/C(C=NC5CCNCC5)=C/N)cn5ncc(C#N)c45)cn3)CC2)cc1. The average Bonchev–Trinajstić information content (AvgIpc) is 3.63. The van der Waals surface area contributed by atoms with Gasteiger partial charge in [0.25, 0.3) is 0 Å². The zero-order valence-corrected chi connectivity index (χ0v) is 32.6. The van der Waals surface area contributed by atoms with Crippen molar-refractivity contribution in [2.75, 3.05) is 44.7 Å². The van der Waals surface area contributed by atoms with E-state index in [4.69, 9.17) is 15.7 Å². The predicted molar refractivity (Wildman–Crippen MR) is 221 cm³/mol. The molecule has 0 unspecified atom stereocenters. The Labute approximate surface area is 312 Å². The number of nitrogens with one attached hydrogen (secondary N) is 2. The van der Waals surface area contributed by atoms with Crippen LogP contribution >= 0.6 is 0 Å². The van der Waals surface area contributed by atoms with E-state index >= 15 is 0 Å². The summed E-state index contributed by atoms with van der Waals surface area (Å²) in [5, 5.41) is 20.7. The summed E-state index contributed by atoms with van der Waals surface area (Å²) < 4.78 is 1.76. The van der Waals surface area contributed by atoms with Gasteiger partial charge in [-0.05, 0) is 109 Å². The molecule has 0 amide bonds. The maximum atomic E-state index is 9.80. The van der Waals surface area contributed by atoms with Gasteiger partial charge < -0.3 is 21.3 Å². The van der Waals surface area contributed by atoms with E-state index in [9.17, 15) is 5.26 Å². The molecule has 2 fully saturated rings. The highest BCUT2D eigenvalue weighted by Crippen LogP contribution is 2.33. The van der Waals surface area contributed by atoms with E-state index < -0.39 is 0 Å². The van der Waals surface area contributed by atoms with Gasteiger partial charge in [0.05, 0.1) is 23.3 Å². The summed E-state index contributed by atoms with van der Waals surface area (Å²) in [6, 6.07) is 17.8. The highest BCUT2D eigenvalue weighted by atomic mass is 15.2. The van der Waals surface area contributed by atoms with Gasteiger partial charge in [-0.2, -0.15) is 10.4 Å². The van der Waals surface area contributed by atoms with Crippen LogP contribution in [0, 0.1) is 18.3 Å². The number of hydrogen-bond acceptors (Lipinski definition) is 8. The number of hydrogen-bond donors (Lipinski definition) is 3. The molecule has 9 nitrogen and oxygen atoms in total. The van der Waals surface area contributed by atoms with Crippen molar-refractivity contribution in [3.05, 3.63) is 102 Å².